The van der Waals surface area contributed by atoms with Crippen molar-refractivity contribution in [3.8, 4) is 0 Å². The Bertz CT molecular complexity index is 1140. The predicted molar refractivity (Wildman–Crippen MR) is 147 cm³/mol. The molecular formula is C32H32N2O2. The third-order valence-corrected chi connectivity index (χ3v) is 6.48. The van der Waals surface area contributed by atoms with Crippen LogP contribution in [0.5, 0.6) is 0 Å². The highest BCUT2D eigenvalue weighted by molar-refractivity contribution is 6.06. The molecule has 0 aliphatic rings. The molecule has 2 atom stereocenters. The topological polar surface area (TPSA) is 40.6 Å². The van der Waals surface area contributed by atoms with E-state index in [1.54, 1.807) is 9.80 Å². The Morgan fingerprint density at radius 2 is 0.778 bits per heavy atom. The van der Waals surface area contributed by atoms with Crippen molar-refractivity contribution in [1.82, 2.24) is 0 Å². The Hall–Kier alpha value is -4.18. The van der Waals surface area contributed by atoms with Crippen LogP contribution < -0.4 is 9.80 Å². The Kier molecular flexibility index (Phi) is 8.30. The molecule has 0 fully saturated rings. The van der Waals surface area contributed by atoms with E-state index in [-0.39, 0.29) is 11.8 Å². The minimum Gasteiger partial charge on any atom is -0.312 e. The van der Waals surface area contributed by atoms with Crippen molar-refractivity contribution in [2.24, 2.45) is 0 Å². The third-order valence-electron chi connectivity index (χ3n) is 6.48. The molecule has 2 amide bonds. The number of benzene rings is 4. The van der Waals surface area contributed by atoms with Crippen molar-refractivity contribution >= 4 is 23.2 Å². The molecule has 0 unspecified atom stereocenters. The van der Waals surface area contributed by atoms with Gasteiger partial charge >= 0.3 is 0 Å². The molecule has 4 rings (SSSR count). The number of nitrogens with zero attached hydrogens (tertiary/aromatic N) is 2. The molecule has 4 nitrogen and oxygen atoms in total. The van der Waals surface area contributed by atoms with Crippen LogP contribution in [0.2, 0.25) is 0 Å². The van der Waals surface area contributed by atoms with Crippen molar-refractivity contribution < 1.29 is 9.59 Å². The number of carbonyl (C=O) groups is 2. The molecule has 4 aromatic carbocycles. The molecule has 36 heavy (non-hydrogen) atoms. The van der Waals surface area contributed by atoms with Crippen LogP contribution in [0, 0.1) is 0 Å². The largest absolute Gasteiger partial charge is 0.312 e. The molecule has 0 aliphatic carbocycles. The van der Waals surface area contributed by atoms with Crippen molar-refractivity contribution in [2.75, 3.05) is 22.9 Å². The number of para-hydroxylation sites is 2. The minimum absolute atomic E-state index is 0.0961. The van der Waals surface area contributed by atoms with Gasteiger partial charge in [0.15, 0.2) is 0 Å². The predicted octanol–water partition coefficient (Wildman–Crippen LogP) is 6.66. The highest BCUT2D eigenvalue weighted by Crippen LogP contribution is 2.38. The van der Waals surface area contributed by atoms with Crippen molar-refractivity contribution in [1.29, 1.82) is 0 Å². The second-order valence-electron chi connectivity index (χ2n) is 8.61. The minimum atomic E-state index is -0.695. The van der Waals surface area contributed by atoms with Gasteiger partial charge in [0.1, 0.15) is 0 Å². The highest BCUT2D eigenvalue weighted by atomic mass is 16.2. The van der Waals surface area contributed by atoms with Crippen LogP contribution in [-0.4, -0.2) is 24.9 Å². The summed E-state index contributed by atoms with van der Waals surface area (Å²) < 4.78 is 0. The summed E-state index contributed by atoms with van der Waals surface area (Å²) in [6, 6.07) is 38.7. The van der Waals surface area contributed by atoms with E-state index in [1.807, 2.05) is 135 Å². The van der Waals surface area contributed by atoms with Gasteiger partial charge in [0.05, 0.1) is 11.8 Å². The summed E-state index contributed by atoms with van der Waals surface area (Å²) in [4.78, 5) is 32.3. The van der Waals surface area contributed by atoms with E-state index in [2.05, 4.69) is 0 Å². The van der Waals surface area contributed by atoms with Crippen molar-refractivity contribution in [3.63, 3.8) is 0 Å². The number of likely N-dealkylation sites (N-methyl/N-ethyl adjacent to an activating group) is 2. The van der Waals surface area contributed by atoms with Crippen LogP contribution in [0.1, 0.15) is 36.8 Å². The van der Waals surface area contributed by atoms with Crippen LogP contribution in [-0.2, 0) is 9.59 Å². The molecule has 4 aromatic rings. The third kappa shape index (κ3) is 5.38. The van der Waals surface area contributed by atoms with Crippen LogP contribution in [0.15, 0.2) is 121 Å². The summed E-state index contributed by atoms with van der Waals surface area (Å²) in [6.07, 6.45) is 0. The summed E-state index contributed by atoms with van der Waals surface area (Å²) in [5.74, 6) is -1.58. The lowest BCUT2D eigenvalue weighted by atomic mass is 9.79. The summed E-state index contributed by atoms with van der Waals surface area (Å²) in [5.41, 5.74) is 3.28. The van der Waals surface area contributed by atoms with Gasteiger partial charge in [-0.1, -0.05) is 97.1 Å². The molecule has 4 heteroatoms. The second kappa shape index (κ2) is 12.0. The maximum absolute atomic E-state index is 14.4. The van der Waals surface area contributed by atoms with E-state index in [0.29, 0.717) is 13.1 Å². The number of carbonyl (C=O) groups excluding carboxylic acids is 2. The molecule has 0 heterocycles. The average molecular weight is 477 g/mol. The summed E-state index contributed by atoms with van der Waals surface area (Å²) >= 11 is 0. The van der Waals surface area contributed by atoms with Gasteiger partial charge in [-0.15, -0.1) is 0 Å². The van der Waals surface area contributed by atoms with E-state index in [9.17, 15) is 9.59 Å². The van der Waals surface area contributed by atoms with Crippen LogP contribution in [0.3, 0.4) is 0 Å². The van der Waals surface area contributed by atoms with Gasteiger partial charge in [0.25, 0.3) is 0 Å². The van der Waals surface area contributed by atoms with E-state index >= 15 is 0 Å². The first-order valence-corrected chi connectivity index (χ1v) is 12.5. The first-order chi connectivity index (χ1) is 17.7. The summed E-state index contributed by atoms with van der Waals surface area (Å²) in [5, 5.41) is 0. The number of hydrogen-bond donors (Lipinski definition) is 0. The molecule has 0 radical (unpaired) electrons. The monoisotopic (exact) mass is 476 g/mol. The number of hydrogen-bond acceptors (Lipinski definition) is 2. The fourth-order valence-electron chi connectivity index (χ4n) is 4.76. The molecule has 0 aromatic heterocycles. The summed E-state index contributed by atoms with van der Waals surface area (Å²) in [6.45, 7) is 4.93. The molecule has 0 saturated carbocycles. The Morgan fingerprint density at radius 3 is 1.06 bits per heavy atom. The van der Waals surface area contributed by atoms with E-state index in [0.717, 1.165) is 22.5 Å². The normalized spacial score (nSPS) is 12.4. The summed E-state index contributed by atoms with van der Waals surface area (Å²) in [7, 11) is 0. The van der Waals surface area contributed by atoms with Gasteiger partial charge in [0.2, 0.25) is 11.8 Å². The number of amides is 2. The molecular weight excluding hydrogens is 444 g/mol. The number of rotatable bonds is 9. The average Bonchev–Trinajstić information content (AvgIpc) is 2.94. The maximum Gasteiger partial charge on any atom is 0.235 e. The van der Waals surface area contributed by atoms with Crippen LogP contribution in [0.4, 0.5) is 11.4 Å². The molecule has 0 aliphatic heterocycles. The van der Waals surface area contributed by atoms with Crippen LogP contribution in [0.25, 0.3) is 0 Å². The van der Waals surface area contributed by atoms with Crippen molar-refractivity contribution in [2.45, 2.75) is 25.7 Å². The standard InChI is InChI=1S/C32H32N2O2/c1-3-33(27-21-13-7-14-22-27)31(35)29(25-17-9-5-10-18-25)30(26-19-11-6-12-20-26)32(36)34(4-2)28-23-15-8-16-24-28/h5-24,29-30H,3-4H2,1-2H3/t29-,30+. The Balaban J connectivity index is 1.87. The SMILES string of the molecule is CCN(C(=O)[C@H](c1ccccc1)[C@@H](C(=O)N(CC)c1ccccc1)c1ccccc1)c1ccccc1. The fraction of sp³-hybridized carbons (Fsp3) is 0.188. The molecule has 0 spiro atoms. The van der Waals surface area contributed by atoms with Gasteiger partial charge in [0, 0.05) is 24.5 Å². The molecule has 182 valence electrons. The lowest BCUT2D eigenvalue weighted by Crippen LogP contribution is -2.43. The smallest absolute Gasteiger partial charge is 0.235 e. The maximum atomic E-state index is 14.4. The number of anilines is 2. The zero-order valence-electron chi connectivity index (χ0n) is 20.8. The first-order valence-electron chi connectivity index (χ1n) is 12.5. The zero-order chi connectivity index (χ0) is 25.3. The van der Waals surface area contributed by atoms with Gasteiger partial charge in [-0.2, -0.15) is 0 Å². The lowest BCUT2D eigenvalue weighted by molar-refractivity contribution is -0.126. The van der Waals surface area contributed by atoms with Gasteiger partial charge in [-0.3, -0.25) is 9.59 Å². The van der Waals surface area contributed by atoms with Crippen LogP contribution >= 0.6 is 0 Å². The fourth-order valence-corrected chi connectivity index (χ4v) is 4.76. The van der Waals surface area contributed by atoms with Crippen molar-refractivity contribution in [3.05, 3.63) is 132 Å². The van der Waals surface area contributed by atoms with Gasteiger partial charge in [-0.25, -0.2) is 0 Å². The first kappa shape index (κ1) is 24.9. The highest BCUT2D eigenvalue weighted by Gasteiger charge is 2.40. The van der Waals surface area contributed by atoms with E-state index in [1.165, 1.54) is 0 Å². The molecule has 0 bridgehead atoms. The van der Waals surface area contributed by atoms with E-state index in [4.69, 9.17) is 0 Å². The zero-order valence-corrected chi connectivity index (χ0v) is 20.8. The molecule has 0 N–H and O–H groups in total. The van der Waals surface area contributed by atoms with Gasteiger partial charge in [-0.05, 0) is 49.2 Å². The van der Waals surface area contributed by atoms with Gasteiger partial charge < -0.3 is 9.80 Å². The molecule has 0 saturated heterocycles. The quantitative estimate of drug-likeness (QED) is 0.271. The Morgan fingerprint density at radius 1 is 0.500 bits per heavy atom. The lowest BCUT2D eigenvalue weighted by Gasteiger charge is -2.34. The second-order valence-corrected chi connectivity index (χ2v) is 8.61. The Labute approximate surface area is 213 Å². The van der Waals surface area contributed by atoms with E-state index < -0.39 is 11.8 Å².